The van der Waals surface area contributed by atoms with Gasteiger partial charge in [-0.15, -0.1) is 5.11 Å². The Morgan fingerprint density at radius 3 is 2.31 bits per heavy atom. The summed E-state index contributed by atoms with van der Waals surface area (Å²) in [5.41, 5.74) is 1.79. The van der Waals surface area contributed by atoms with E-state index in [0.717, 1.165) is 11.4 Å². The lowest BCUT2D eigenvalue weighted by atomic mass is 10.3. The van der Waals surface area contributed by atoms with E-state index in [-0.39, 0.29) is 0 Å². The molecule has 3 heteroatoms. The molecule has 2 nitrogen and oxygen atoms in total. The van der Waals surface area contributed by atoms with Gasteiger partial charge >= 0.3 is 0 Å². The van der Waals surface area contributed by atoms with Gasteiger partial charge in [-0.25, -0.2) is 0 Å². The zero-order valence-corrected chi connectivity index (χ0v) is 7.74. The first-order valence-corrected chi connectivity index (χ1v) is 4.88. The molecule has 0 aliphatic rings. The maximum Gasteiger partial charge on any atom is 0.0963 e. The monoisotopic (exact) mass is 188 g/mol. The molecule has 0 spiro atoms. The van der Waals surface area contributed by atoms with Crippen LogP contribution >= 0.6 is 11.3 Å². The molecule has 0 radical (unpaired) electrons. The van der Waals surface area contributed by atoms with Crippen molar-refractivity contribution in [3.63, 3.8) is 0 Å². The number of thiophene rings is 1. The van der Waals surface area contributed by atoms with Crippen LogP contribution in [0.1, 0.15) is 0 Å². The summed E-state index contributed by atoms with van der Waals surface area (Å²) >= 11 is 1.62. The highest BCUT2D eigenvalue weighted by atomic mass is 32.1. The van der Waals surface area contributed by atoms with E-state index in [1.54, 1.807) is 11.3 Å². The van der Waals surface area contributed by atoms with Crippen molar-refractivity contribution in [3.8, 4) is 0 Å². The summed E-state index contributed by atoms with van der Waals surface area (Å²) in [6.45, 7) is 0. The summed E-state index contributed by atoms with van der Waals surface area (Å²) in [7, 11) is 0. The molecule has 0 atom stereocenters. The van der Waals surface area contributed by atoms with Crippen molar-refractivity contribution in [1.29, 1.82) is 0 Å². The third kappa shape index (κ3) is 2.23. The van der Waals surface area contributed by atoms with E-state index >= 15 is 0 Å². The van der Waals surface area contributed by atoms with E-state index < -0.39 is 0 Å². The molecule has 1 heterocycles. The normalized spacial score (nSPS) is 10.8. The second-order valence-corrected chi connectivity index (χ2v) is 3.30. The Morgan fingerprint density at radius 1 is 0.846 bits per heavy atom. The van der Waals surface area contributed by atoms with Crippen molar-refractivity contribution in [2.75, 3.05) is 0 Å². The van der Waals surface area contributed by atoms with Gasteiger partial charge in [0.05, 0.1) is 11.4 Å². The van der Waals surface area contributed by atoms with Crippen LogP contribution in [0.3, 0.4) is 0 Å². The first-order chi connectivity index (χ1) is 6.45. The summed E-state index contributed by atoms with van der Waals surface area (Å²) < 4.78 is 0. The molecule has 0 aliphatic heterocycles. The zero-order chi connectivity index (χ0) is 8.93. The highest BCUT2D eigenvalue weighted by Crippen LogP contribution is 2.19. The minimum atomic E-state index is 0.883. The van der Waals surface area contributed by atoms with Crippen molar-refractivity contribution >= 4 is 22.7 Å². The van der Waals surface area contributed by atoms with E-state index in [1.165, 1.54) is 0 Å². The van der Waals surface area contributed by atoms with Gasteiger partial charge in [-0.3, -0.25) is 0 Å². The lowest BCUT2D eigenvalue weighted by molar-refractivity contribution is 1.24. The molecule has 64 valence electrons. The van der Waals surface area contributed by atoms with Crippen LogP contribution in [0.4, 0.5) is 11.4 Å². The van der Waals surface area contributed by atoms with Gasteiger partial charge < -0.3 is 0 Å². The molecule has 2 rings (SSSR count). The Bertz CT molecular complexity index is 379. The van der Waals surface area contributed by atoms with Crippen LogP contribution < -0.4 is 0 Å². The van der Waals surface area contributed by atoms with Crippen molar-refractivity contribution in [2.24, 2.45) is 10.2 Å². The Kier molecular flexibility index (Phi) is 2.48. The highest BCUT2D eigenvalue weighted by Gasteiger charge is 1.88. The molecule has 0 fully saturated rings. The molecule has 1 aromatic heterocycles. The van der Waals surface area contributed by atoms with Gasteiger partial charge in [0, 0.05) is 5.38 Å². The van der Waals surface area contributed by atoms with Crippen LogP contribution in [-0.4, -0.2) is 0 Å². The minimum Gasteiger partial charge on any atom is -0.151 e. The quantitative estimate of drug-likeness (QED) is 0.632. The van der Waals surface area contributed by atoms with Crippen molar-refractivity contribution in [3.05, 3.63) is 47.2 Å². The van der Waals surface area contributed by atoms with Gasteiger partial charge in [0.2, 0.25) is 0 Å². The second-order valence-electron chi connectivity index (χ2n) is 2.52. The van der Waals surface area contributed by atoms with E-state index in [0.29, 0.717) is 0 Å². The first kappa shape index (κ1) is 8.13. The number of hydrogen-bond acceptors (Lipinski definition) is 3. The van der Waals surface area contributed by atoms with E-state index in [4.69, 9.17) is 0 Å². The Hall–Kier alpha value is -1.48. The smallest absolute Gasteiger partial charge is 0.0963 e. The first-order valence-electron chi connectivity index (χ1n) is 3.94. The predicted octanol–water partition coefficient (Wildman–Crippen LogP) is 4.16. The van der Waals surface area contributed by atoms with Gasteiger partial charge in [0.1, 0.15) is 0 Å². The molecule has 0 aliphatic carbocycles. The third-order valence-corrected chi connectivity index (χ3v) is 2.21. The molecule has 0 bridgehead atoms. The molecular formula is C10H8N2S. The van der Waals surface area contributed by atoms with Crippen LogP contribution in [0, 0.1) is 0 Å². The SMILES string of the molecule is c1ccc(N=Nc2ccsc2)cc1. The van der Waals surface area contributed by atoms with Gasteiger partial charge in [-0.2, -0.15) is 16.5 Å². The number of azo groups is 1. The fourth-order valence-corrected chi connectivity index (χ4v) is 1.49. The lowest BCUT2D eigenvalue weighted by Crippen LogP contribution is -1.59. The van der Waals surface area contributed by atoms with E-state index in [9.17, 15) is 0 Å². The standard InChI is InChI=1S/C10H8N2S/c1-2-4-9(5-3-1)11-12-10-6-7-13-8-10/h1-8H. The topological polar surface area (TPSA) is 24.7 Å². The lowest BCUT2D eigenvalue weighted by Gasteiger charge is -1.88. The molecule has 0 saturated heterocycles. The number of rotatable bonds is 2. The van der Waals surface area contributed by atoms with Gasteiger partial charge in [0.25, 0.3) is 0 Å². The molecule has 0 amide bonds. The maximum atomic E-state index is 4.08. The van der Waals surface area contributed by atoms with Gasteiger partial charge in [0.15, 0.2) is 0 Å². The minimum absolute atomic E-state index is 0.883. The summed E-state index contributed by atoms with van der Waals surface area (Å²) in [5, 5.41) is 12.1. The molecule has 2 aromatic rings. The number of benzene rings is 1. The molecule has 0 unspecified atom stereocenters. The van der Waals surface area contributed by atoms with E-state index in [2.05, 4.69) is 10.2 Å². The summed E-state index contributed by atoms with van der Waals surface area (Å²) in [6, 6.07) is 11.6. The van der Waals surface area contributed by atoms with E-state index in [1.807, 2.05) is 47.2 Å². The van der Waals surface area contributed by atoms with Crippen LogP contribution in [0.15, 0.2) is 57.4 Å². The fourth-order valence-electron chi connectivity index (χ4n) is 0.924. The Morgan fingerprint density at radius 2 is 1.62 bits per heavy atom. The molecule has 13 heavy (non-hydrogen) atoms. The van der Waals surface area contributed by atoms with Crippen molar-refractivity contribution in [2.45, 2.75) is 0 Å². The third-order valence-electron chi connectivity index (χ3n) is 1.54. The van der Waals surface area contributed by atoms with Crippen LogP contribution in [0.2, 0.25) is 0 Å². The average Bonchev–Trinajstić information content (AvgIpc) is 2.69. The molecule has 1 aromatic carbocycles. The van der Waals surface area contributed by atoms with Gasteiger partial charge in [-0.1, -0.05) is 18.2 Å². The predicted molar refractivity (Wildman–Crippen MR) is 54.9 cm³/mol. The van der Waals surface area contributed by atoms with Crippen molar-refractivity contribution < 1.29 is 0 Å². The summed E-state index contributed by atoms with van der Waals surface area (Å²) in [4.78, 5) is 0. The molecule has 0 N–H and O–H groups in total. The van der Waals surface area contributed by atoms with Crippen molar-refractivity contribution in [1.82, 2.24) is 0 Å². The molecule has 0 saturated carbocycles. The number of hydrogen-bond donors (Lipinski definition) is 0. The summed E-state index contributed by atoms with van der Waals surface area (Å²) in [5.74, 6) is 0. The largest absolute Gasteiger partial charge is 0.151 e. The van der Waals surface area contributed by atoms with Crippen LogP contribution in [0.5, 0.6) is 0 Å². The van der Waals surface area contributed by atoms with Gasteiger partial charge in [-0.05, 0) is 23.6 Å². The summed E-state index contributed by atoms with van der Waals surface area (Å²) in [6.07, 6.45) is 0. The average molecular weight is 188 g/mol. The number of nitrogens with zero attached hydrogens (tertiary/aromatic N) is 2. The fraction of sp³-hybridized carbons (Fsp3) is 0. The van der Waals surface area contributed by atoms with Crippen LogP contribution in [-0.2, 0) is 0 Å². The Labute approximate surface area is 80.6 Å². The molecular weight excluding hydrogens is 180 g/mol. The highest BCUT2D eigenvalue weighted by molar-refractivity contribution is 7.08. The maximum absolute atomic E-state index is 4.08. The Balaban J connectivity index is 2.15. The van der Waals surface area contributed by atoms with Crippen LogP contribution in [0.25, 0.3) is 0 Å². The second kappa shape index (κ2) is 3.96. The zero-order valence-electron chi connectivity index (χ0n) is 6.92.